The van der Waals surface area contributed by atoms with Crippen LogP contribution in [0.4, 0.5) is 18.9 Å². The molecular formula is C27H30F3N3O6. The summed E-state index contributed by atoms with van der Waals surface area (Å²) >= 11 is 0. The molecule has 0 unspecified atom stereocenters. The number of nitrogens with zero attached hydrogens (tertiary/aromatic N) is 1. The summed E-state index contributed by atoms with van der Waals surface area (Å²) in [6, 6.07) is 7.98. The molecule has 3 N–H and O–H groups in total. The Morgan fingerprint density at radius 3 is 2.38 bits per heavy atom. The van der Waals surface area contributed by atoms with Gasteiger partial charge in [-0.1, -0.05) is 12.1 Å². The van der Waals surface area contributed by atoms with Gasteiger partial charge in [-0.25, -0.2) is 4.79 Å². The third-order valence-corrected chi connectivity index (χ3v) is 6.82. The van der Waals surface area contributed by atoms with E-state index in [1.54, 1.807) is 24.0 Å². The average molecular weight is 550 g/mol. The molecule has 2 heterocycles. The summed E-state index contributed by atoms with van der Waals surface area (Å²) in [5.74, 6) is -0.229. The summed E-state index contributed by atoms with van der Waals surface area (Å²) in [7, 11) is 2.95. The van der Waals surface area contributed by atoms with Crippen molar-refractivity contribution in [2.24, 2.45) is 0 Å². The minimum absolute atomic E-state index is 0.0547. The van der Waals surface area contributed by atoms with E-state index in [4.69, 9.17) is 14.2 Å². The highest BCUT2D eigenvalue weighted by molar-refractivity contribution is 6.11. The number of hydrogen-bond acceptors (Lipinski definition) is 7. The Hall–Kier alpha value is -3.77. The molecule has 1 saturated heterocycles. The zero-order chi connectivity index (χ0) is 28.4. The number of aliphatic hydroxyl groups is 1. The summed E-state index contributed by atoms with van der Waals surface area (Å²) in [5, 5.41) is 14.4. The number of H-pyrrole nitrogens is 1. The molecule has 4 rings (SSSR count). The van der Waals surface area contributed by atoms with Gasteiger partial charge in [0.1, 0.15) is 5.69 Å². The van der Waals surface area contributed by atoms with Crippen LogP contribution in [0.1, 0.15) is 41.4 Å². The first kappa shape index (κ1) is 28.2. The maximum Gasteiger partial charge on any atom is 0.416 e. The molecule has 1 aliphatic heterocycles. The van der Waals surface area contributed by atoms with E-state index in [9.17, 15) is 27.9 Å². The van der Waals surface area contributed by atoms with Crippen molar-refractivity contribution in [2.75, 3.05) is 45.8 Å². The number of likely N-dealkylation sites (tertiary alicyclic amines) is 1. The maximum absolute atomic E-state index is 13.1. The van der Waals surface area contributed by atoms with E-state index < -0.39 is 29.2 Å². The van der Waals surface area contributed by atoms with Gasteiger partial charge in [0, 0.05) is 24.5 Å². The fourth-order valence-electron chi connectivity index (χ4n) is 4.74. The van der Waals surface area contributed by atoms with E-state index in [0.717, 1.165) is 12.1 Å². The second-order valence-corrected chi connectivity index (χ2v) is 9.28. The smallest absolute Gasteiger partial charge is 0.416 e. The Balaban J connectivity index is 1.49. The van der Waals surface area contributed by atoms with E-state index in [1.165, 1.54) is 26.4 Å². The number of amides is 1. The first-order valence-corrected chi connectivity index (χ1v) is 12.4. The lowest BCUT2D eigenvalue weighted by molar-refractivity contribution is -0.137. The molecule has 1 aliphatic rings. The number of piperidine rings is 1. The molecule has 12 heteroatoms. The van der Waals surface area contributed by atoms with Gasteiger partial charge in [0.2, 0.25) is 5.91 Å². The molecule has 1 fully saturated rings. The second-order valence-electron chi connectivity index (χ2n) is 9.28. The number of rotatable bonds is 8. The van der Waals surface area contributed by atoms with Crippen LogP contribution in [-0.2, 0) is 21.3 Å². The normalized spacial score (nSPS) is 15.7. The van der Waals surface area contributed by atoms with Gasteiger partial charge < -0.3 is 29.6 Å². The number of ether oxygens (including phenoxy) is 3. The number of esters is 1. The topological polar surface area (TPSA) is 113 Å². The van der Waals surface area contributed by atoms with Crippen molar-refractivity contribution >= 4 is 28.5 Å². The summed E-state index contributed by atoms with van der Waals surface area (Å²) < 4.78 is 55.3. The quantitative estimate of drug-likeness (QED) is 0.359. The summed E-state index contributed by atoms with van der Waals surface area (Å²) in [4.78, 5) is 30.5. The minimum atomic E-state index is -4.51. The van der Waals surface area contributed by atoms with Crippen molar-refractivity contribution in [2.45, 2.75) is 31.5 Å². The second kappa shape index (κ2) is 11.1. The highest BCUT2D eigenvalue weighted by Gasteiger charge is 2.37. The molecule has 0 spiro atoms. The van der Waals surface area contributed by atoms with Gasteiger partial charge in [-0.15, -0.1) is 0 Å². The van der Waals surface area contributed by atoms with Crippen molar-refractivity contribution in [3.63, 3.8) is 0 Å². The number of nitrogens with one attached hydrogen (secondary N) is 2. The number of alkyl halides is 3. The van der Waals surface area contributed by atoms with Gasteiger partial charge in [-0.3, -0.25) is 9.69 Å². The fraction of sp³-hybridized carbons (Fsp3) is 0.407. The van der Waals surface area contributed by atoms with Crippen LogP contribution in [0.25, 0.3) is 10.9 Å². The molecule has 9 nitrogen and oxygen atoms in total. The van der Waals surface area contributed by atoms with Gasteiger partial charge in [0.05, 0.1) is 49.7 Å². The van der Waals surface area contributed by atoms with E-state index in [2.05, 4.69) is 10.3 Å². The highest BCUT2D eigenvalue weighted by Crippen LogP contribution is 2.38. The number of hydrogen-bond donors (Lipinski definition) is 3. The van der Waals surface area contributed by atoms with Crippen molar-refractivity contribution < 1.29 is 42.1 Å². The molecule has 0 radical (unpaired) electrons. The number of fused-ring (bicyclic) bond motifs is 1. The zero-order valence-electron chi connectivity index (χ0n) is 21.8. The largest absolute Gasteiger partial charge is 0.493 e. The van der Waals surface area contributed by atoms with Crippen molar-refractivity contribution in [3.05, 3.63) is 53.2 Å². The van der Waals surface area contributed by atoms with Gasteiger partial charge in [-0.05, 0) is 43.5 Å². The molecule has 39 heavy (non-hydrogen) atoms. The number of benzene rings is 2. The molecule has 0 aliphatic carbocycles. The molecule has 1 aromatic heterocycles. The number of anilines is 1. The highest BCUT2D eigenvalue weighted by atomic mass is 19.4. The Bertz CT molecular complexity index is 1360. The number of aromatic nitrogens is 1. The fourth-order valence-corrected chi connectivity index (χ4v) is 4.74. The SMILES string of the molecule is CCOC(=O)c1[nH]c2cc(OC)c(OC)cc2c1NC(=O)CN1CCC(O)(c2cccc(C(F)(F)F)c2)CC1. The number of carbonyl (C=O) groups excluding carboxylic acids is 2. The van der Waals surface area contributed by atoms with Crippen molar-refractivity contribution in [3.8, 4) is 11.5 Å². The van der Waals surface area contributed by atoms with Crippen LogP contribution in [0.5, 0.6) is 11.5 Å². The Morgan fingerprint density at radius 1 is 1.10 bits per heavy atom. The molecule has 0 bridgehead atoms. The Labute approximate surface area is 222 Å². The first-order chi connectivity index (χ1) is 18.5. The van der Waals surface area contributed by atoms with Crippen LogP contribution < -0.4 is 14.8 Å². The lowest BCUT2D eigenvalue weighted by Crippen LogP contribution is -2.45. The Kier molecular flexibility index (Phi) is 8.07. The molecule has 3 aromatic rings. The van der Waals surface area contributed by atoms with Gasteiger partial charge in [0.25, 0.3) is 0 Å². The third-order valence-electron chi connectivity index (χ3n) is 6.82. The summed E-state index contributed by atoms with van der Waals surface area (Å²) in [6.07, 6.45) is -4.20. The van der Waals surface area contributed by atoms with Crippen LogP contribution in [0, 0.1) is 0 Å². The predicted molar refractivity (Wildman–Crippen MR) is 137 cm³/mol. The van der Waals surface area contributed by atoms with Crippen LogP contribution in [0.15, 0.2) is 36.4 Å². The summed E-state index contributed by atoms with van der Waals surface area (Å²) in [6.45, 7) is 2.31. The summed E-state index contributed by atoms with van der Waals surface area (Å²) in [5.41, 5.74) is -1.24. The molecule has 1 amide bonds. The number of aromatic amines is 1. The standard InChI is InChI=1S/C27H30F3N3O6/c1-4-39-25(35)24-23(18-13-20(37-2)21(38-3)14-19(18)31-24)32-22(34)15-33-10-8-26(36,9-11-33)16-6-5-7-17(12-16)27(28,29)30/h5-7,12-14,31,36H,4,8-11,15H2,1-3H3,(H,32,34). The zero-order valence-corrected chi connectivity index (χ0v) is 21.8. The van der Waals surface area contributed by atoms with Crippen LogP contribution in [0.2, 0.25) is 0 Å². The molecule has 210 valence electrons. The average Bonchev–Trinajstić information content (AvgIpc) is 3.26. The van der Waals surface area contributed by atoms with Crippen molar-refractivity contribution in [1.29, 1.82) is 0 Å². The van der Waals surface area contributed by atoms with Gasteiger partial charge in [-0.2, -0.15) is 13.2 Å². The molecule has 2 aromatic carbocycles. The first-order valence-electron chi connectivity index (χ1n) is 12.4. The third kappa shape index (κ3) is 5.96. The van der Waals surface area contributed by atoms with Crippen molar-refractivity contribution in [1.82, 2.24) is 9.88 Å². The van der Waals surface area contributed by atoms with E-state index in [-0.39, 0.29) is 56.0 Å². The van der Waals surface area contributed by atoms with Crippen LogP contribution >= 0.6 is 0 Å². The Morgan fingerprint density at radius 2 is 1.77 bits per heavy atom. The minimum Gasteiger partial charge on any atom is -0.493 e. The molecule has 0 atom stereocenters. The van der Waals surface area contributed by atoms with Gasteiger partial charge >= 0.3 is 12.1 Å². The lowest BCUT2D eigenvalue weighted by atomic mass is 9.83. The predicted octanol–water partition coefficient (Wildman–Crippen LogP) is 4.30. The molecule has 0 saturated carbocycles. The number of carbonyl (C=O) groups is 2. The van der Waals surface area contributed by atoms with Crippen LogP contribution in [-0.4, -0.2) is 67.3 Å². The van der Waals surface area contributed by atoms with E-state index in [0.29, 0.717) is 22.4 Å². The number of methoxy groups -OCH3 is 2. The van der Waals surface area contributed by atoms with Gasteiger partial charge in [0.15, 0.2) is 11.5 Å². The maximum atomic E-state index is 13.1. The van der Waals surface area contributed by atoms with Crippen LogP contribution in [0.3, 0.4) is 0 Å². The van der Waals surface area contributed by atoms with E-state index in [1.807, 2.05) is 0 Å². The lowest BCUT2D eigenvalue weighted by Gasteiger charge is -2.38. The molecular weight excluding hydrogens is 519 g/mol. The number of halogens is 3. The van der Waals surface area contributed by atoms with E-state index >= 15 is 0 Å². The monoisotopic (exact) mass is 549 g/mol.